The Morgan fingerprint density at radius 1 is 0.711 bits per heavy atom. The van der Waals surface area contributed by atoms with Crippen LogP contribution in [0.3, 0.4) is 0 Å². The van der Waals surface area contributed by atoms with Gasteiger partial charge in [-0.2, -0.15) is 0 Å². The lowest BCUT2D eigenvalue weighted by Gasteiger charge is -2.38. The molecule has 6 heterocycles. The van der Waals surface area contributed by atoms with Gasteiger partial charge in [0.15, 0.2) is 23.0 Å². The first-order chi connectivity index (χ1) is 21.9. The number of phenols is 1. The van der Waals surface area contributed by atoms with Gasteiger partial charge in [-0.1, -0.05) is 24.3 Å². The van der Waals surface area contributed by atoms with Crippen LogP contribution in [0.1, 0.15) is 56.6 Å². The summed E-state index contributed by atoms with van der Waals surface area (Å²) in [6, 6.07) is 21.1. The largest absolute Gasteiger partial charge is 0.504 e. The average molecular weight is 607 g/mol. The predicted molar refractivity (Wildman–Crippen MR) is 176 cm³/mol. The molecule has 6 aliphatic heterocycles. The van der Waals surface area contributed by atoms with Gasteiger partial charge in [-0.3, -0.25) is 9.80 Å². The summed E-state index contributed by atoms with van der Waals surface area (Å²) in [6.07, 6.45) is 4.19. The van der Waals surface area contributed by atoms with Gasteiger partial charge in [-0.05, 0) is 115 Å². The number of hydrogen-bond donors (Lipinski definition) is 1. The van der Waals surface area contributed by atoms with Gasteiger partial charge in [0.2, 0.25) is 0 Å². The monoisotopic (exact) mass is 606 g/mol. The van der Waals surface area contributed by atoms with Gasteiger partial charge in [0.25, 0.3) is 0 Å². The fraction of sp³-hybridized carbons (Fsp3) is 0.368. The summed E-state index contributed by atoms with van der Waals surface area (Å²) in [5, 5.41) is 10.8. The molecule has 7 nitrogen and oxygen atoms in total. The molecule has 0 aromatic heterocycles. The second-order valence-corrected chi connectivity index (χ2v) is 12.7. The first-order valence-electron chi connectivity index (χ1n) is 15.8. The minimum Gasteiger partial charge on any atom is -0.504 e. The number of phenolic OH excluding ortho intramolecular Hbond substituents is 1. The molecule has 234 valence electrons. The Kier molecular flexibility index (Phi) is 7.84. The fourth-order valence-electron chi connectivity index (χ4n) is 7.60. The first kappa shape index (κ1) is 29.5. The van der Waals surface area contributed by atoms with E-state index >= 15 is 0 Å². The van der Waals surface area contributed by atoms with Gasteiger partial charge < -0.3 is 24.1 Å². The van der Waals surface area contributed by atoms with Crippen LogP contribution in [0, 0.1) is 0 Å². The van der Waals surface area contributed by atoms with E-state index < -0.39 is 0 Å². The molecule has 0 fully saturated rings. The summed E-state index contributed by atoms with van der Waals surface area (Å²) in [6.45, 7) is 1.92. The lowest BCUT2D eigenvalue weighted by Crippen LogP contribution is -2.34. The van der Waals surface area contributed by atoms with E-state index in [2.05, 4.69) is 54.2 Å². The highest BCUT2D eigenvalue weighted by molar-refractivity contribution is 5.60. The van der Waals surface area contributed by atoms with Crippen molar-refractivity contribution in [2.45, 2.75) is 44.2 Å². The SMILES string of the molecule is COc1cc2c3cc1Cc1c(OC)c(OC)cc4c1[C@H](Cc1ccc(O)c(c1)Oc1ccc(cc1)C[C@@H]2N(C)CC3)N(C)CC4. The van der Waals surface area contributed by atoms with E-state index in [1.54, 1.807) is 27.4 Å². The molecule has 4 aromatic rings. The molecule has 0 unspecified atom stereocenters. The highest BCUT2D eigenvalue weighted by Crippen LogP contribution is 2.46. The Balaban J connectivity index is 1.46. The highest BCUT2D eigenvalue weighted by atomic mass is 16.5. The van der Waals surface area contributed by atoms with Crippen molar-refractivity contribution in [2.75, 3.05) is 48.5 Å². The fourth-order valence-corrected chi connectivity index (χ4v) is 7.60. The molecule has 6 aliphatic rings. The normalized spacial score (nSPS) is 19.6. The molecule has 2 atom stereocenters. The van der Waals surface area contributed by atoms with Gasteiger partial charge in [0, 0.05) is 37.2 Å². The predicted octanol–water partition coefficient (Wildman–Crippen LogP) is 6.66. The van der Waals surface area contributed by atoms with E-state index in [0.29, 0.717) is 17.9 Å². The second-order valence-electron chi connectivity index (χ2n) is 12.7. The average Bonchev–Trinajstić information content (AvgIpc) is 3.05. The Morgan fingerprint density at radius 3 is 2.13 bits per heavy atom. The van der Waals surface area contributed by atoms with E-state index in [-0.39, 0.29) is 17.8 Å². The molecule has 0 radical (unpaired) electrons. The van der Waals surface area contributed by atoms with Crippen molar-refractivity contribution in [3.05, 3.63) is 105 Å². The smallest absolute Gasteiger partial charge is 0.169 e. The Labute approximate surface area is 265 Å². The number of rotatable bonds is 3. The van der Waals surface area contributed by atoms with Crippen LogP contribution in [0.25, 0.3) is 0 Å². The van der Waals surface area contributed by atoms with Crippen LogP contribution in [0.5, 0.6) is 34.5 Å². The quantitative estimate of drug-likeness (QED) is 0.280. The number of hydrogen-bond acceptors (Lipinski definition) is 7. The van der Waals surface area contributed by atoms with Crippen molar-refractivity contribution in [2.24, 2.45) is 0 Å². The second kappa shape index (κ2) is 12.0. The van der Waals surface area contributed by atoms with E-state index in [0.717, 1.165) is 72.7 Å². The van der Waals surface area contributed by atoms with Crippen LogP contribution < -0.4 is 18.9 Å². The topological polar surface area (TPSA) is 63.6 Å². The molecule has 0 saturated heterocycles. The molecule has 0 spiro atoms. The number of likely N-dealkylation sites (N-methyl/N-ethyl adjacent to an activating group) is 2. The van der Waals surface area contributed by atoms with E-state index in [1.165, 1.54) is 27.8 Å². The molecule has 7 heteroatoms. The Bertz CT molecular complexity index is 1730. The maximum atomic E-state index is 10.8. The Hall–Kier alpha value is -4.20. The number of nitrogens with zero attached hydrogens (tertiary/aromatic N) is 2. The molecule has 45 heavy (non-hydrogen) atoms. The maximum absolute atomic E-state index is 10.8. The summed E-state index contributed by atoms with van der Waals surface area (Å²) in [5.41, 5.74) is 9.87. The van der Waals surface area contributed by atoms with Gasteiger partial charge in [-0.25, -0.2) is 0 Å². The van der Waals surface area contributed by atoms with Crippen LogP contribution in [-0.4, -0.2) is 63.4 Å². The molecule has 0 saturated carbocycles. The van der Waals surface area contributed by atoms with Crippen molar-refractivity contribution in [1.82, 2.24) is 9.80 Å². The van der Waals surface area contributed by atoms with Gasteiger partial charge in [0.1, 0.15) is 11.5 Å². The standard InChI is InChI=1S/C38H42N2O5/c1-39-14-12-25-19-27-20-30-37-26(21-36(43-4)38(30)44-5)13-15-40(2)32(37)17-24-8-11-33(41)35(18-24)45-28-9-6-23(7-10-28)16-31(39)29(25)22-34(27)42-3/h6-11,18-19,21-22,31-32,41H,12-17,20H2,1-5H3/t31-,32-/m0/s1. The van der Waals surface area contributed by atoms with Crippen LogP contribution in [0.4, 0.5) is 0 Å². The third-order valence-corrected chi connectivity index (χ3v) is 10.1. The molecule has 10 rings (SSSR count). The van der Waals surface area contributed by atoms with Crippen LogP contribution in [0.2, 0.25) is 0 Å². The van der Waals surface area contributed by atoms with E-state index in [1.807, 2.05) is 24.3 Å². The summed E-state index contributed by atoms with van der Waals surface area (Å²) in [7, 11) is 9.63. The Morgan fingerprint density at radius 2 is 1.40 bits per heavy atom. The molecule has 8 bridgehead atoms. The number of benzene rings is 4. The van der Waals surface area contributed by atoms with Gasteiger partial charge in [0.05, 0.1) is 21.3 Å². The summed E-state index contributed by atoms with van der Waals surface area (Å²) >= 11 is 0. The van der Waals surface area contributed by atoms with Crippen molar-refractivity contribution < 1.29 is 24.1 Å². The van der Waals surface area contributed by atoms with Crippen LogP contribution >= 0.6 is 0 Å². The van der Waals surface area contributed by atoms with Gasteiger partial charge in [-0.15, -0.1) is 0 Å². The van der Waals surface area contributed by atoms with Crippen LogP contribution in [-0.2, 0) is 32.1 Å². The molecule has 1 N–H and O–H groups in total. The zero-order valence-corrected chi connectivity index (χ0v) is 26.9. The van der Waals surface area contributed by atoms with Crippen molar-refractivity contribution in [3.63, 3.8) is 0 Å². The minimum absolute atomic E-state index is 0.0870. The molecular weight excluding hydrogens is 564 g/mol. The zero-order chi connectivity index (χ0) is 31.2. The summed E-state index contributed by atoms with van der Waals surface area (Å²) in [5.74, 6) is 3.73. The number of methoxy groups -OCH3 is 3. The van der Waals surface area contributed by atoms with Gasteiger partial charge >= 0.3 is 0 Å². The summed E-state index contributed by atoms with van der Waals surface area (Å²) in [4.78, 5) is 4.87. The molecule has 4 aromatic carbocycles. The highest BCUT2D eigenvalue weighted by Gasteiger charge is 2.33. The van der Waals surface area contributed by atoms with Crippen molar-refractivity contribution in [3.8, 4) is 34.5 Å². The minimum atomic E-state index is 0.0870. The maximum Gasteiger partial charge on any atom is 0.169 e. The van der Waals surface area contributed by atoms with E-state index in [9.17, 15) is 5.11 Å². The molecule has 0 amide bonds. The third-order valence-electron chi connectivity index (χ3n) is 10.1. The third kappa shape index (κ3) is 5.38. The first-order valence-corrected chi connectivity index (χ1v) is 15.8. The zero-order valence-electron chi connectivity index (χ0n) is 26.9. The number of ether oxygens (including phenoxy) is 4. The van der Waals surface area contributed by atoms with Crippen LogP contribution in [0.15, 0.2) is 60.7 Å². The molecular formula is C38H42N2O5. The lowest BCUT2D eigenvalue weighted by molar-refractivity contribution is 0.226. The number of aromatic hydroxyl groups is 1. The van der Waals surface area contributed by atoms with E-state index in [4.69, 9.17) is 18.9 Å². The molecule has 0 aliphatic carbocycles. The lowest BCUT2D eigenvalue weighted by atomic mass is 9.82. The van der Waals surface area contributed by atoms with Crippen molar-refractivity contribution >= 4 is 0 Å². The summed E-state index contributed by atoms with van der Waals surface area (Å²) < 4.78 is 24.4. The van der Waals surface area contributed by atoms with Crippen molar-refractivity contribution in [1.29, 1.82) is 0 Å².